The lowest BCUT2D eigenvalue weighted by Crippen LogP contribution is -2.33. The summed E-state index contributed by atoms with van der Waals surface area (Å²) in [4.78, 5) is 14.2. The Bertz CT molecular complexity index is 1090. The molecule has 0 unspecified atom stereocenters. The average molecular weight is 401 g/mol. The number of nitrogens with one attached hydrogen (secondary N) is 1. The van der Waals surface area contributed by atoms with Crippen molar-refractivity contribution in [1.82, 2.24) is 19.3 Å². The highest BCUT2D eigenvalue weighted by molar-refractivity contribution is 5.68. The molecule has 2 aromatic heterocycles. The molecule has 154 valence electrons. The first kappa shape index (κ1) is 19.5. The van der Waals surface area contributed by atoms with Gasteiger partial charge in [0.25, 0.3) is 0 Å². The Morgan fingerprint density at radius 3 is 2.66 bits per heavy atom. The van der Waals surface area contributed by atoms with E-state index in [2.05, 4.69) is 16.0 Å². The molecule has 4 rings (SSSR count). The predicted molar refractivity (Wildman–Crippen MR) is 101 cm³/mol. The van der Waals surface area contributed by atoms with Crippen LogP contribution in [0.4, 0.5) is 0 Å². The van der Waals surface area contributed by atoms with Crippen LogP contribution in [0.2, 0.25) is 0 Å². The number of fused-ring (bicyclic) bond motifs is 1. The number of imidazole rings is 1. The standard InChI is InChI=1S/C19H23N5O5/c1-10-3-4-12(11(2)5-10)7-28-24-9-22-18-14(17(24)20)21-8-23(18)19-16(27)15(26)13(6-25)29-19/h3-5,8-9,13,15-16,19-20,25-27H,6-7H2,1-2H3/t13-,15-,16-,19-/m1/s1. The van der Waals surface area contributed by atoms with Crippen LogP contribution in [0.3, 0.4) is 0 Å². The summed E-state index contributed by atoms with van der Waals surface area (Å²) in [5.74, 6) is 0. The van der Waals surface area contributed by atoms with E-state index in [0.717, 1.165) is 11.1 Å². The van der Waals surface area contributed by atoms with Crippen LogP contribution in [0.1, 0.15) is 22.9 Å². The second kappa shape index (κ2) is 7.56. The highest BCUT2D eigenvalue weighted by atomic mass is 16.7. The van der Waals surface area contributed by atoms with Crippen LogP contribution in [0.15, 0.2) is 30.9 Å². The van der Waals surface area contributed by atoms with Gasteiger partial charge in [0.05, 0.1) is 12.9 Å². The molecule has 0 spiro atoms. The maximum Gasteiger partial charge on any atom is 0.192 e. The first-order valence-electron chi connectivity index (χ1n) is 9.21. The molecular weight excluding hydrogens is 378 g/mol. The fraction of sp³-hybridized carbons (Fsp3) is 0.421. The van der Waals surface area contributed by atoms with E-state index in [4.69, 9.17) is 15.0 Å². The van der Waals surface area contributed by atoms with Gasteiger partial charge in [0.15, 0.2) is 22.9 Å². The van der Waals surface area contributed by atoms with Crippen molar-refractivity contribution in [3.63, 3.8) is 0 Å². The fourth-order valence-corrected chi connectivity index (χ4v) is 3.46. The molecule has 0 aliphatic carbocycles. The van der Waals surface area contributed by atoms with Crippen molar-refractivity contribution in [2.45, 2.75) is 45.0 Å². The van der Waals surface area contributed by atoms with Gasteiger partial charge in [-0.15, -0.1) is 0 Å². The quantitative estimate of drug-likeness (QED) is 0.455. The molecule has 1 fully saturated rings. The Morgan fingerprint density at radius 2 is 1.97 bits per heavy atom. The highest BCUT2D eigenvalue weighted by Crippen LogP contribution is 2.30. The molecule has 10 nitrogen and oxygen atoms in total. The van der Waals surface area contributed by atoms with E-state index >= 15 is 0 Å². The van der Waals surface area contributed by atoms with Crippen molar-refractivity contribution in [2.24, 2.45) is 0 Å². The van der Waals surface area contributed by atoms with Crippen LogP contribution in [-0.4, -0.2) is 59.5 Å². The molecular formula is C19H23N5O5. The first-order valence-corrected chi connectivity index (χ1v) is 9.21. The summed E-state index contributed by atoms with van der Waals surface area (Å²) in [5, 5.41) is 37.8. The van der Waals surface area contributed by atoms with Crippen molar-refractivity contribution >= 4 is 11.2 Å². The molecule has 1 aliphatic rings. The Kier molecular flexibility index (Phi) is 5.09. The fourth-order valence-electron chi connectivity index (χ4n) is 3.46. The van der Waals surface area contributed by atoms with Gasteiger partial charge < -0.3 is 24.9 Å². The SMILES string of the molecule is Cc1ccc(COn2cnc3c(ncn3[C@@H]3O[C@H](CO)[C@@H](O)[C@H]3O)c2=N)c(C)c1. The highest BCUT2D eigenvalue weighted by Gasteiger charge is 2.44. The zero-order valence-corrected chi connectivity index (χ0v) is 16.1. The molecule has 29 heavy (non-hydrogen) atoms. The summed E-state index contributed by atoms with van der Waals surface area (Å²) in [7, 11) is 0. The van der Waals surface area contributed by atoms with Crippen LogP contribution in [0.25, 0.3) is 11.2 Å². The summed E-state index contributed by atoms with van der Waals surface area (Å²) in [6, 6.07) is 6.05. The number of hydrogen-bond acceptors (Lipinski definition) is 8. The van der Waals surface area contributed by atoms with Gasteiger partial charge in [0.1, 0.15) is 31.2 Å². The van der Waals surface area contributed by atoms with E-state index in [0.29, 0.717) is 5.65 Å². The van der Waals surface area contributed by atoms with E-state index in [9.17, 15) is 15.3 Å². The van der Waals surface area contributed by atoms with Gasteiger partial charge >= 0.3 is 0 Å². The van der Waals surface area contributed by atoms with Crippen LogP contribution in [0, 0.1) is 19.3 Å². The van der Waals surface area contributed by atoms with E-state index in [-0.39, 0.29) is 17.6 Å². The Hall–Kier alpha value is -2.79. The van der Waals surface area contributed by atoms with Crippen LogP contribution < -0.4 is 10.3 Å². The Morgan fingerprint density at radius 1 is 1.17 bits per heavy atom. The predicted octanol–water partition coefficient (Wildman–Crippen LogP) is -0.431. The van der Waals surface area contributed by atoms with Gasteiger partial charge in [-0.2, -0.15) is 4.73 Å². The lowest BCUT2D eigenvalue weighted by Gasteiger charge is -2.16. The number of aliphatic hydroxyl groups is 3. The Balaban J connectivity index is 1.60. The molecule has 10 heteroatoms. The second-order valence-corrected chi connectivity index (χ2v) is 7.18. The van der Waals surface area contributed by atoms with Crippen molar-refractivity contribution in [2.75, 3.05) is 6.61 Å². The number of rotatable bonds is 5. The molecule has 0 saturated carbocycles. The molecule has 0 bridgehead atoms. The summed E-state index contributed by atoms with van der Waals surface area (Å²) in [6.45, 7) is 3.87. The zero-order chi connectivity index (χ0) is 20.7. The van der Waals surface area contributed by atoms with Crippen molar-refractivity contribution in [1.29, 1.82) is 5.41 Å². The van der Waals surface area contributed by atoms with E-state index in [1.165, 1.54) is 27.5 Å². The largest absolute Gasteiger partial charge is 0.406 e. The van der Waals surface area contributed by atoms with Crippen LogP contribution in [0.5, 0.6) is 0 Å². The molecule has 1 saturated heterocycles. The van der Waals surface area contributed by atoms with Gasteiger partial charge in [-0.3, -0.25) is 9.98 Å². The average Bonchev–Trinajstić information content (AvgIpc) is 3.24. The summed E-state index contributed by atoms with van der Waals surface area (Å²) >= 11 is 0. The van der Waals surface area contributed by atoms with Gasteiger partial charge in [-0.05, 0) is 25.0 Å². The third-order valence-corrected chi connectivity index (χ3v) is 5.15. The molecule has 0 radical (unpaired) electrons. The number of aromatic nitrogens is 4. The number of ether oxygens (including phenoxy) is 1. The molecule has 0 amide bonds. The molecule has 1 aliphatic heterocycles. The topological polar surface area (TPSA) is 139 Å². The molecule has 4 atom stereocenters. The number of hydrogen-bond donors (Lipinski definition) is 4. The normalized spacial score (nSPS) is 24.3. The lowest BCUT2D eigenvalue weighted by atomic mass is 10.1. The third-order valence-electron chi connectivity index (χ3n) is 5.15. The number of aliphatic hydroxyl groups excluding tert-OH is 3. The molecule has 3 heterocycles. The third kappa shape index (κ3) is 3.40. The van der Waals surface area contributed by atoms with E-state index < -0.39 is 31.1 Å². The smallest absolute Gasteiger partial charge is 0.192 e. The first-order chi connectivity index (χ1) is 13.9. The van der Waals surface area contributed by atoms with Gasteiger partial charge in [0, 0.05) is 0 Å². The monoisotopic (exact) mass is 401 g/mol. The summed E-state index contributed by atoms with van der Waals surface area (Å²) in [5.41, 5.74) is 3.81. The van der Waals surface area contributed by atoms with Crippen molar-refractivity contribution in [3.8, 4) is 0 Å². The number of aryl methyl sites for hydroxylation is 2. The minimum absolute atomic E-state index is 0.00902. The summed E-state index contributed by atoms with van der Waals surface area (Å²) < 4.78 is 8.19. The summed E-state index contributed by atoms with van der Waals surface area (Å²) in [6.07, 6.45) is -1.62. The minimum atomic E-state index is -1.26. The second-order valence-electron chi connectivity index (χ2n) is 7.18. The minimum Gasteiger partial charge on any atom is -0.406 e. The van der Waals surface area contributed by atoms with Crippen LogP contribution >= 0.6 is 0 Å². The van der Waals surface area contributed by atoms with Gasteiger partial charge in [0.2, 0.25) is 0 Å². The molecule has 1 aromatic carbocycles. The lowest BCUT2D eigenvalue weighted by molar-refractivity contribution is -0.0511. The molecule has 4 N–H and O–H groups in total. The van der Waals surface area contributed by atoms with Gasteiger partial charge in [-0.1, -0.05) is 23.8 Å². The van der Waals surface area contributed by atoms with Crippen molar-refractivity contribution in [3.05, 3.63) is 53.0 Å². The number of benzene rings is 1. The van der Waals surface area contributed by atoms with E-state index in [1.807, 2.05) is 26.0 Å². The van der Waals surface area contributed by atoms with Gasteiger partial charge in [-0.25, -0.2) is 9.97 Å². The maximum absolute atomic E-state index is 10.2. The number of nitrogens with zero attached hydrogens (tertiary/aromatic N) is 4. The zero-order valence-electron chi connectivity index (χ0n) is 16.1. The molecule has 3 aromatic rings. The van der Waals surface area contributed by atoms with Crippen molar-refractivity contribution < 1.29 is 24.9 Å². The Labute approximate surface area is 166 Å². The maximum atomic E-state index is 10.2. The van der Waals surface area contributed by atoms with Crippen LogP contribution in [-0.2, 0) is 11.3 Å². The van der Waals surface area contributed by atoms with E-state index in [1.54, 1.807) is 0 Å².